The topological polar surface area (TPSA) is 112 Å². The van der Waals surface area contributed by atoms with Crippen LogP contribution in [0.25, 0.3) is 11.1 Å². The number of primary amides is 1. The Morgan fingerprint density at radius 1 is 1.19 bits per heavy atom. The van der Waals surface area contributed by atoms with E-state index in [9.17, 15) is 4.79 Å². The first-order chi connectivity index (χ1) is 17.6. The molecule has 0 bridgehead atoms. The highest BCUT2D eigenvalue weighted by molar-refractivity contribution is 6.03. The number of fused-ring (bicyclic) bond motifs is 1. The van der Waals surface area contributed by atoms with Gasteiger partial charge < -0.3 is 34.6 Å². The van der Waals surface area contributed by atoms with Crippen molar-refractivity contribution >= 4 is 23.0 Å². The van der Waals surface area contributed by atoms with Crippen molar-refractivity contribution in [2.24, 2.45) is 5.73 Å². The zero-order valence-corrected chi connectivity index (χ0v) is 20.6. The van der Waals surface area contributed by atoms with Gasteiger partial charge in [0, 0.05) is 31.5 Å². The number of nitrogens with one attached hydrogen (secondary N) is 1. The minimum atomic E-state index is -0.576. The van der Waals surface area contributed by atoms with Crippen LogP contribution >= 0.6 is 0 Å². The van der Waals surface area contributed by atoms with Crippen LogP contribution in [0.4, 0.5) is 6.01 Å². The molecule has 3 N–H and O–H groups in total. The molecule has 2 aliphatic heterocycles. The van der Waals surface area contributed by atoms with Gasteiger partial charge in [-0.1, -0.05) is 0 Å². The molecule has 2 fully saturated rings. The van der Waals surface area contributed by atoms with Gasteiger partial charge in [-0.25, -0.2) is 0 Å². The van der Waals surface area contributed by atoms with Gasteiger partial charge >= 0.3 is 0 Å². The number of amides is 1. The molecule has 3 heterocycles. The summed E-state index contributed by atoms with van der Waals surface area (Å²) in [4.78, 5) is 18.8. The Balaban J connectivity index is 1.48. The minimum Gasteiger partial charge on any atom is -0.494 e. The zero-order valence-electron chi connectivity index (χ0n) is 20.6. The molecule has 1 aromatic heterocycles. The molecule has 0 aliphatic carbocycles. The molecule has 191 valence electrons. The van der Waals surface area contributed by atoms with Gasteiger partial charge in [0.2, 0.25) is 0 Å². The van der Waals surface area contributed by atoms with E-state index in [1.54, 1.807) is 12.1 Å². The average molecular weight is 494 g/mol. The molecule has 36 heavy (non-hydrogen) atoms. The quantitative estimate of drug-likeness (QED) is 0.466. The van der Waals surface area contributed by atoms with Crippen molar-refractivity contribution in [2.45, 2.75) is 51.3 Å². The highest BCUT2D eigenvalue weighted by atomic mass is 16.5. The van der Waals surface area contributed by atoms with Gasteiger partial charge in [-0.3, -0.25) is 4.79 Å². The number of nitrogens with zero attached hydrogens (tertiary/aromatic N) is 2. The summed E-state index contributed by atoms with van der Waals surface area (Å²) < 4.78 is 23.8. The summed E-state index contributed by atoms with van der Waals surface area (Å²) in [5.41, 5.74) is 7.78. The highest BCUT2D eigenvalue weighted by Gasteiger charge is 2.27. The predicted molar refractivity (Wildman–Crippen MR) is 136 cm³/mol. The summed E-state index contributed by atoms with van der Waals surface area (Å²) in [6.07, 6.45) is 3.77. The van der Waals surface area contributed by atoms with Crippen LogP contribution in [0.3, 0.4) is 0 Å². The number of nitrogens with two attached hydrogens (primary N) is 1. The maximum absolute atomic E-state index is 11.9. The second-order valence-electron chi connectivity index (χ2n) is 9.21. The van der Waals surface area contributed by atoms with Crippen LogP contribution in [-0.2, 0) is 11.3 Å². The summed E-state index contributed by atoms with van der Waals surface area (Å²) in [6, 6.07) is 13.0. The Morgan fingerprint density at radius 3 is 2.72 bits per heavy atom. The zero-order chi connectivity index (χ0) is 24.9. The summed E-state index contributed by atoms with van der Waals surface area (Å²) in [7, 11) is 0. The predicted octanol–water partition coefficient (Wildman–Crippen LogP) is 3.44. The normalized spacial score (nSPS) is 17.2. The molecule has 9 nitrogen and oxygen atoms in total. The maximum atomic E-state index is 11.9. The molecule has 3 aromatic rings. The molecule has 2 aromatic carbocycles. The number of carbonyl (C=O) groups excluding carboxylic acids is 1. The number of rotatable bonds is 9. The van der Waals surface area contributed by atoms with E-state index in [1.165, 1.54) is 0 Å². The van der Waals surface area contributed by atoms with Gasteiger partial charge in [-0.15, -0.1) is 0 Å². The number of ether oxygens (including phenoxy) is 3. The maximum Gasteiger partial charge on any atom is 0.298 e. The van der Waals surface area contributed by atoms with E-state index < -0.39 is 5.91 Å². The molecule has 1 amide bonds. The Hall–Kier alpha value is -3.30. The van der Waals surface area contributed by atoms with Gasteiger partial charge in [0.25, 0.3) is 11.9 Å². The van der Waals surface area contributed by atoms with E-state index in [0.717, 1.165) is 55.8 Å². The van der Waals surface area contributed by atoms with Crippen LogP contribution in [0, 0.1) is 6.07 Å². The third-order valence-electron chi connectivity index (χ3n) is 6.66. The molecule has 0 atom stereocenters. The van der Waals surface area contributed by atoms with Crippen LogP contribution in [0.2, 0.25) is 0 Å². The lowest BCUT2D eigenvalue weighted by Gasteiger charge is -2.34. The van der Waals surface area contributed by atoms with E-state index in [-0.39, 0.29) is 17.7 Å². The first-order valence-corrected chi connectivity index (χ1v) is 12.7. The number of piperidine rings is 1. The van der Waals surface area contributed by atoms with Crippen molar-refractivity contribution < 1.29 is 23.4 Å². The lowest BCUT2D eigenvalue weighted by Crippen LogP contribution is -2.43. The van der Waals surface area contributed by atoms with Crippen molar-refractivity contribution in [1.82, 2.24) is 10.3 Å². The standard InChI is InChI=1S/C27H33N4O5/c1-2-34-21-14-18(15-22(16-21)35-20-8-12-33-13-9-20)17-31(19-6-10-29-11-7-19)27-30-25-23(26(28)32)4-3-5-24(25)36-27/h3,5,14-16,19-20,29H,2,6-13,17H2,1H3,(H2,28,32). The third kappa shape index (κ3) is 5.57. The van der Waals surface area contributed by atoms with Crippen molar-refractivity contribution in [3.05, 3.63) is 47.5 Å². The van der Waals surface area contributed by atoms with Crippen LogP contribution in [0.1, 0.15) is 48.5 Å². The number of benzene rings is 2. The summed E-state index contributed by atoms with van der Waals surface area (Å²) in [5.74, 6) is 0.981. The van der Waals surface area contributed by atoms with Crippen LogP contribution < -0.4 is 25.4 Å². The number of carbonyl (C=O) groups is 1. The Bertz CT molecular complexity index is 1180. The first-order valence-electron chi connectivity index (χ1n) is 12.7. The lowest BCUT2D eigenvalue weighted by molar-refractivity contribution is 0.0254. The van der Waals surface area contributed by atoms with E-state index >= 15 is 0 Å². The number of oxazole rings is 1. The smallest absolute Gasteiger partial charge is 0.298 e. The van der Waals surface area contributed by atoms with Gasteiger partial charge in [-0.05, 0) is 68.8 Å². The van der Waals surface area contributed by atoms with E-state index in [0.29, 0.717) is 43.5 Å². The number of hydrogen-bond donors (Lipinski definition) is 2. The van der Waals surface area contributed by atoms with Gasteiger partial charge in [0.15, 0.2) is 5.58 Å². The first kappa shape index (κ1) is 24.4. The molecule has 2 saturated heterocycles. The largest absolute Gasteiger partial charge is 0.494 e. The van der Waals surface area contributed by atoms with Crippen molar-refractivity contribution in [3.63, 3.8) is 0 Å². The Labute approximate surface area is 210 Å². The van der Waals surface area contributed by atoms with Crippen LogP contribution in [0.5, 0.6) is 11.5 Å². The van der Waals surface area contributed by atoms with Crippen LogP contribution in [-0.4, -0.2) is 55.9 Å². The van der Waals surface area contributed by atoms with Crippen LogP contribution in [0.15, 0.2) is 34.7 Å². The average Bonchev–Trinajstić information content (AvgIpc) is 3.32. The molecule has 1 radical (unpaired) electrons. The third-order valence-corrected chi connectivity index (χ3v) is 6.66. The summed E-state index contributed by atoms with van der Waals surface area (Å²) in [5, 5.41) is 3.42. The van der Waals surface area contributed by atoms with Crippen molar-refractivity contribution in [2.75, 3.05) is 37.8 Å². The Kier molecular flexibility index (Phi) is 7.58. The molecular weight excluding hydrogens is 460 g/mol. The molecule has 0 saturated carbocycles. The molecular formula is C27H33N4O5. The van der Waals surface area contributed by atoms with Crippen molar-refractivity contribution in [1.29, 1.82) is 0 Å². The van der Waals surface area contributed by atoms with E-state index in [4.69, 9.17) is 29.3 Å². The molecule has 5 rings (SSSR count). The molecule has 9 heteroatoms. The lowest BCUT2D eigenvalue weighted by atomic mass is 10.0. The fraction of sp³-hybridized carbons (Fsp3) is 0.481. The Morgan fingerprint density at radius 2 is 1.97 bits per heavy atom. The fourth-order valence-corrected chi connectivity index (χ4v) is 4.89. The number of anilines is 1. The van der Waals surface area contributed by atoms with Crippen molar-refractivity contribution in [3.8, 4) is 11.5 Å². The highest BCUT2D eigenvalue weighted by Crippen LogP contribution is 2.32. The summed E-state index contributed by atoms with van der Waals surface area (Å²) >= 11 is 0. The van der Waals surface area contributed by atoms with Gasteiger partial charge in [0.1, 0.15) is 23.1 Å². The SMILES string of the molecule is CCOc1cc(CN(c2nc3c(C(N)=O)[c]ccc3o2)C2CCNCC2)cc(OC2CCOCC2)c1. The molecule has 2 aliphatic rings. The van der Waals surface area contributed by atoms with Gasteiger partial charge in [-0.2, -0.15) is 4.98 Å². The fourth-order valence-electron chi connectivity index (χ4n) is 4.89. The summed E-state index contributed by atoms with van der Waals surface area (Å²) in [6.45, 7) is 6.35. The van der Waals surface area contributed by atoms with E-state index in [1.807, 2.05) is 19.1 Å². The molecule has 0 unspecified atom stereocenters. The minimum absolute atomic E-state index is 0.129. The van der Waals surface area contributed by atoms with Gasteiger partial charge in [0.05, 0.1) is 25.4 Å². The second-order valence-corrected chi connectivity index (χ2v) is 9.21. The molecule has 0 spiro atoms. The monoisotopic (exact) mass is 493 g/mol. The number of aromatic nitrogens is 1. The van der Waals surface area contributed by atoms with E-state index in [2.05, 4.69) is 22.3 Å². The second kappa shape index (κ2) is 11.2. The number of hydrogen-bond acceptors (Lipinski definition) is 8.